The fourth-order valence-electron chi connectivity index (χ4n) is 5.23. The van der Waals surface area contributed by atoms with Gasteiger partial charge in [0.25, 0.3) is 0 Å². The Hall–Kier alpha value is -2.13. The minimum absolute atomic E-state index is 0.144. The summed E-state index contributed by atoms with van der Waals surface area (Å²) < 4.78 is 0. The molecule has 1 amide bonds. The van der Waals surface area contributed by atoms with Gasteiger partial charge in [0, 0.05) is 50.5 Å². The number of piperidine rings is 1. The van der Waals surface area contributed by atoms with Crippen LogP contribution in [0.15, 0.2) is 18.5 Å². The number of fused-ring (bicyclic) bond motifs is 1. The molecule has 1 saturated carbocycles. The molecule has 1 aromatic heterocycles. The average Bonchev–Trinajstić information content (AvgIpc) is 3.14. The Morgan fingerprint density at radius 3 is 2.68 bits per heavy atom. The van der Waals surface area contributed by atoms with E-state index in [1.54, 1.807) is 12.4 Å². The standard InChI is InChI=1S/C22H31N5O/c1-2-3-13-26-14-9-18(10-15-26)25-21(28)20-16-17-7-4-5-8-19(17)27(20)22-23-11-6-12-24-22/h1,6,11-12,17-20H,3-5,7-10,13-16H2,(H,25,28). The van der Waals surface area contributed by atoms with Crippen LogP contribution in [0.4, 0.5) is 5.95 Å². The van der Waals surface area contributed by atoms with Crippen LogP contribution in [0.3, 0.4) is 0 Å². The van der Waals surface area contributed by atoms with Gasteiger partial charge in [-0.2, -0.15) is 0 Å². The lowest BCUT2D eigenvalue weighted by molar-refractivity contribution is -0.123. The van der Waals surface area contributed by atoms with Gasteiger partial charge in [-0.05, 0) is 44.1 Å². The van der Waals surface area contributed by atoms with Gasteiger partial charge in [0.2, 0.25) is 11.9 Å². The molecule has 3 heterocycles. The molecule has 150 valence electrons. The lowest BCUT2D eigenvalue weighted by Crippen LogP contribution is -2.52. The number of amides is 1. The highest BCUT2D eigenvalue weighted by Crippen LogP contribution is 2.41. The highest BCUT2D eigenvalue weighted by Gasteiger charge is 2.46. The third kappa shape index (κ3) is 4.15. The molecule has 1 aromatic rings. The zero-order valence-electron chi connectivity index (χ0n) is 16.6. The smallest absolute Gasteiger partial charge is 0.243 e. The van der Waals surface area contributed by atoms with Gasteiger partial charge in [-0.25, -0.2) is 9.97 Å². The van der Waals surface area contributed by atoms with Crippen molar-refractivity contribution in [3.63, 3.8) is 0 Å². The first kappa shape index (κ1) is 19.2. The average molecular weight is 382 g/mol. The second-order valence-corrected chi connectivity index (χ2v) is 8.40. The number of terminal acetylenes is 1. The number of hydrogen-bond donors (Lipinski definition) is 1. The summed E-state index contributed by atoms with van der Waals surface area (Å²) in [4.78, 5) is 26.8. The summed E-state index contributed by atoms with van der Waals surface area (Å²) in [6, 6.07) is 2.35. The molecular formula is C22H31N5O. The third-order valence-electron chi connectivity index (χ3n) is 6.68. The normalized spacial score (nSPS) is 28.5. The summed E-state index contributed by atoms with van der Waals surface area (Å²) in [6.07, 6.45) is 17.5. The molecule has 0 bridgehead atoms. The Balaban J connectivity index is 1.40. The number of carbonyl (C=O) groups is 1. The maximum atomic E-state index is 13.2. The van der Waals surface area contributed by atoms with Gasteiger partial charge in [0.05, 0.1) is 0 Å². The van der Waals surface area contributed by atoms with Crippen molar-refractivity contribution in [3.8, 4) is 12.3 Å². The van der Waals surface area contributed by atoms with Crippen LogP contribution >= 0.6 is 0 Å². The second-order valence-electron chi connectivity index (χ2n) is 8.40. The van der Waals surface area contributed by atoms with Crippen molar-refractivity contribution in [2.75, 3.05) is 24.5 Å². The van der Waals surface area contributed by atoms with Crippen LogP contribution in [-0.4, -0.2) is 58.5 Å². The lowest BCUT2D eigenvalue weighted by atomic mass is 9.84. The first-order valence-electron chi connectivity index (χ1n) is 10.8. The summed E-state index contributed by atoms with van der Waals surface area (Å²) in [5, 5.41) is 3.34. The highest BCUT2D eigenvalue weighted by atomic mass is 16.2. The Morgan fingerprint density at radius 1 is 1.18 bits per heavy atom. The van der Waals surface area contributed by atoms with E-state index in [1.807, 2.05) is 6.07 Å². The molecule has 1 N–H and O–H groups in total. The molecule has 3 aliphatic rings. The Kier molecular flexibility index (Phi) is 6.11. The zero-order valence-corrected chi connectivity index (χ0v) is 16.6. The molecule has 6 heteroatoms. The van der Waals surface area contributed by atoms with E-state index in [4.69, 9.17) is 6.42 Å². The molecule has 1 aliphatic carbocycles. The van der Waals surface area contributed by atoms with Gasteiger partial charge in [0.1, 0.15) is 6.04 Å². The molecule has 3 atom stereocenters. The molecule has 2 aliphatic heterocycles. The van der Waals surface area contributed by atoms with Crippen molar-refractivity contribution >= 4 is 11.9 Å². The van der Waals surface area contributed by atoms with Crippen molar-refractivity contribution in [2.24, 2.45) is 5.92 Å². The van der Waals surface area contributed by atoms with Crippen LogP contribution in [0.2, 0.25) is 0 Å². The summed E-state index contributed by atoms with van der Waals surface area (Å²) in [5.41, 5.74) is 0. The number of carbonyl (C=O) groups excluding carboxylic acids is 1. The van der Waals surface area contributed by atoms with E-state index in [2.05, 4.69) is 31.0 Å². The van der Waals surface area contributed by atoms with Gasteiger partial charge in [-0.15, -0.1) is 12.3 Å². The topological polar surface area (TPSA) is 61.4 Å². The molecule has 6 nitrogen and oxygen atoms in total. The first-order chi connectivity index (χ1) is 13.8. The second kappa shape index (κ2) is 8.91. The SMILES string of the molecule is C#CCCN1CCC(NC(=O)C2CC3CCCCC3N2c2ncccn2)CC1. The highest BCUT2D eigenvalue weighted by molar-refractivity contribution is 5.86. The number of aromatic nitrogens is 2. The molecule has 0 radical (unpaired) electrons. The Bertz CT molecular complexity index is 695. The fraction of sp³-hybridized carbons (Fsp3) is 0.682. The van der Waals surface area contributed by atoms with Gasteiger partial charge < -0.3 is 15.1 Å². The van der Waals surface area contributed by atoms with Crippen LogP contribution in [0.25, 0.3) is 0 Å². The number of nitrogens with one attached hydrogen (secondary N) is 1. The molecule has 4 rings (SSSR count). The Labute approximate surface area is 168 Å². The molecule has 2 saturated heterocycles. The number of hydrogen-bond acceptors (Lipinski definition) is 5. The summed E-state index contributed by atoms with van der Waals surface area (Å²) in [6.45, 7) is 2.98. The molecule has 0 spiro atoms. The molecule has 3 unspecified atom stereocenters. The first-order valence-corrected chi connectivity index (χ1v) is 10.8. The maximum absolute atomic E-state index is 13.2. The van der Waals surface area contributed by atoms with E-state index in [0.717, 1.165) is 51.7 Å². The quantitative estimate of drug-likeness (QED) is 0.793. The van der Waals surface area contributed by atoms with Gasteiger partial charge in [-0.1, -0.05) is 12.8 Å². The van der Waals surface area contributed by atoms with Crippen LogP contribution in [0, 0.1) is 18.3 Å². The number of rotatable bonds is 5. The van der Waals surface area contributed by atoms with Gasteiger partial charge in [-0.3, -0.25) is 4.79 Å². The predicted molar refractivity (Wildman–Crippen MR) is 110 cm³/mol. The summed E-state index contributed by atoms with van der Waals surface area (Å²) in [5.74, 6) is 4.16. The van der Waals surface area contributed by atoms with Gasteiger partial charge in [0.15, 0.2) is 0 Å². The molecule has 28 heavy (non-hydrogen) atoms. The monoisotopic (exact) mass is 381 g/mol. The third-order valence-corrected chi connectivity index (χ3v) is 6.68. The van der Waals surface area contributed by atoms with Crippen molar-refractivity contribution in [2.45, 2.75) is 69.5 Å². The van der Waals surface area contributed by atoms with Crippen molar-refractivity contribution in [1.29, 1.82) is 0 Å². The van der Waals surface area contributed by atoms with Crippen LogP contribution in [-0.2, 0) is 4.79 Å². The zero-order chi connectivity index (χ0) is 19.3. The van der Waals surface area contributed by atoms with Crippen molar-refractivity contribution < 1.29 is 4.79 Å². The minimum Gasteiger partial charge on any atom is -0.351 e. The van der Waals surface area contributed by atoms with Crippen LogP contribution < -0.4 is 10.2 Å². The maximum Gasteiger partial charge on any atom is 0.243 e. The lowest BCUT2D eigenvalue weighted by Gasteiger charge is -2.35. The van der Waals surface area contributed by atoms with Crippen molar-refractivity contribution in [3.05, 3.63) is 18.5 Å². The molecule has 0 aromatic carbocycles. The van der Waals surface area contributed by atoms with E-state index in [-0.39, 0.29) is 18.0 Å². The summed E-state index contributed by atoms with van der Waals surface area (Å²) >= 11 is 0. The van der Waals surface area contributed by atoms with Gasteiger partial charge >= 0.3 is 0 Å². The molecular weight excluding hydrogens is 350 g/mol. The van der Waals surface area contributed by atoms with Crippen LogP contribution in [0.5, 0.6) is 0 Å². The number of likely N-dealkylation sites (tertiary alicyclic amines) is 1. The van der Waals surface area contributed by atoms with E-state index in [1.165, 1.54) is 19.3 Å². The minimum atomic E-state index is -0.144. The number of anilines is 1. The molecule has 3 fully saturated rings. The van der Waals surface area contributed by atoms with E-state index < -0.39 is 0 Å². The Morgan fingerprint density at radius 2 is 1.93 bits per heavy atom. The van der Waals surface area contributed by atoms with E-state index >= 15 is 0 Å². The van der Waals surface area contributed by atoms with E-state index in [9.17, 15) is 4.79 Å². The van der Waals surface area contributed by atoms with E-state index in [0.29, 0.717) is 17.9 Å². The number of nitrogens with zero attached hydrogens (tertiary/aromatic N) is 4. The van der Waals surface area contributed by atoms with Crippen LogP contribution in [0.1, 0.15) is 51.4 Å². The largest absolute Gasteiger partial charge is 0.351 e. The predicted octanol–water partition coefficient (Wildman–Crippen LogP) is 2.22. The fourth-order valence-corrected chi connectivity index (χ4v) is 5.23. The van der Waals surface area contributed by atoms with Crippen molar-refractivity contribution in [1.82, 2.24) is 20.2 Å². The summed E-state index contributed by atoms with van der Waals surface area (Å²) in [7, 11) is 0.